The van der Waals surface area contributed by atoms with E-state index in [1.165, 1.54) is 18.2 Å². The van der Waals surface area contributed by atoms with E-state index in [4.69, 9.17) is 63.7 Å². The van der Waals surface area contributed by atoms with E-state index in [2.05, 4.69) is 16.0 Å². The lowest BCUT2D eigenvalue weighted by molar-refractivity contribution is 0.0696. The number of halogens is 4. The number of carbonyl (C=O) groups is 2. The molecule has 1 atom stereocenters. The van der Waals surface area contributed by atoms with E-state index in [9.17, 15) is 9.59 Å². The van der Waals surface area contributed by atoms with Crippen molar-refractivity contribution >= 4 is 81.3 Å². The van der Waals surface area contributed by atoms with Gasteiger partial charge in [-0.2, -0.15) is 0 Å². The average Bonchev–Trinajstić information content (AvgIpc) is 2.60. The minimum Gasteiger partial charge on any atom is -0.478 e. The van der Waals surface area contributed by atoms with Crippen molar-refractivity contribution in [3.8, 4) is 0 Å². The molecule has 0 unspecified atom stereocenters. The standard InChI is InChI=1S/C17H13Cl4N3O3S/c18-11-5-1-3-9(7-11)13(25)23-15(17(19,20)21)24-16(28)22-12-6-2-4-10(8-12)14(26)27/h1-8,15H,(H,23,25)(H,26,27)(H2,22,24,28)/t15-/m1/s1. The highest BCUT2D eigenvalue weighted by Crippen LogP contribution is 2.29. The first-order chi connectivity index (χ1) is 13.1. The van der Waals surface area contributed by atoms with Crippen molar-refractivity contribution in [3.05, 3.63) is 64.7 Å². The summed E-state index contributed by atoms with van der Waals surface area (Å²) in [5.41, 5.74) is 0.739. The number of rotatable bonds is 5. The molecule has 0 radical (unpaired) electrons. The van der Waals surface area contributed by atoms with Crippen molar-refractivity contribution in [1.82, 2.24) is 10.6 Å². The van der Waals surface area contributed by atoms with Crippen LogP contribution in [-0.2, 0) is 0 Å². The lowest BCUT2D eigenvalue weighted by Crippen LogP contribution is -2.56. The average molecular weight is 481 g/mol. The monoisotopic (exact) mass is 479 g/mol. The summed E-state index contributed by atoms with van der Waals surface area (Å²) in [6.07, 6.45) is -1.19. The van der Waals surface area contributed by atoms with Crippen LogP contribution in [0.3, 0.4) is 0 Å². The highest BCUT2D eigenvalue weighted by atomic mass is 35.6. The third-order valence-corrected chi connectivity index (χ3v) is 4.44. The number of alkyl halides is 3. The Bertz CT molecular complexity index is 905. The molecule has 0 spiro atoms. The summed E-state index contributed by atoms with van der Waals surface area (Å²) in [5, 5.41) is 17.4. The van der Waals surface area contributed by atoms with E-state index in [0.717, 1.165) is 0 Å². The van der Waals surface area contributed by atoms with Crippen LogP contribution in [0, 0.1) is 0 Å². The van der Waals surface area contributed by atoms with Crippen molar-refractivity contribution < 1.29 is 14.7 Å². The third-order valence-electron chi connectivity index (χ3n) is 3.33. The van der Waals surface area contributed by atoms with E-state index in [0.29, 0.717) is 10.7 Å². The molecule has 6 nitrogen and oxygen atoms in total. The number of carboxylic acid groups (broad SMARTS) is 1. The van der Waals surface area contributed by atoms with Gasteiger partial charge in [-0.3, -0.25) is 4.79 Å². The number of benzene rings is 2. The molecule has 0 bridgehead atoms. The molecule has 4 N–H and O–H groups in total. The molecule has 1 amide bonds. The zero-order chi connectivity index (χ0) is 20.9. The first-order valence-corrected chi connectivity index (χ1v) is 9.52. The maximum atomic E-state index is 12.4. The summed E-state index contributed by atoms with van der Waals surface area (Å²) >= 11 is 28.9. The Morgan fingerprint density at radius 2 is 1.64 bits per heavy atom. The second-order valence-electron chi connectivity index (χ2n) is 5.44. The summed E-state index contributed by atoms with van der Waals surface area (Å²) in [4.78, 5) is 23.4. The predicted molar refractivity (Wildman–Crippen MR) is 116 cm³/mol. The molecular weight excluding hydrogens is 468 g/mol. The van der Waals surface area contributed by atoms with E-state index in [-0.39, 0.29) is 16.2 Å². The van der Waals surface area contributed by atoms with Crippen LogP contribution in [0.15, 0.2) is 48.5 Å². The fourth-order valence-corrected chi connectivity index (χ4v) is 2.83. The van der Waals surface area contributed by atoms with E-state index in [1.54, 1.807) is 30.3 Å². The molecule has 0 fully saturated rings. The van der Waals surface area contributed by atoms with Crippen molar-refractivity contribution in [2.45, 2.75) is 9.96 Å². The van der Waals surface area contributed by atoms with Crippen LogP contribution in [0.25, 0.3) is 0 Å². The van der Waals surface area contributed by atoms with Crippen molar-refractivity contribution in [2.24, 2.45) is 0 Å². The van der Waals surface area contributed by atoms with Crippen LogP contribution in [0.5, 0.6) is 0 Å². The molecule has 0 heterocycles. The van der Waals surface area contributed by atoms with Crippen LogP contribution in [-0.4, -0.2) is 32.1 Å². The summed E-state index contributed by atoms with van der Waals surface area (Å²) in [6.45, 7) is 0. The number of thiocarbonyl (C=S) groups is 1. The Kier molecular flexibility index (Phi) is 7.74. The van der Waals surface area contributed by atoms with Gasteiger partial charge < -0.3 is 21.1 Å². The Morgan fingerprint density at radius 1 is 1.00 bits per heavy atom. The van der Waals surface area contributed by atoms with Crippen molar-refractivity contribution in [1.29, 1.82) is 0 Å². The SMILES string of the molecule is O=C(O)c1cccc(NC(=S)N[C@@H](NC(=O)c2cccc(Cl)c2)C(Cl)(Cl)Cl)c1. The number of hydrogen-bond acceptors (Lipinski definition) is 3. The van der Waals surface area contributed by atoms with E-state index >= 15 is 0 Å². The van der Waals surface area contributed by atoms with Gasteiger partial charge >= 0.3 is 5.97 Å². The van der Waals surface area contributed by atoms with E-state index < -0.39 is 21.8 Å². The van der Waals surface area contributed by atoms with Gasteiger partial charge in [0.1, 0.15) is 6.17 Å². The largest absolute Gasteiger partial charge is 0.478 e. The maximum Gasteiger partial charge on any atom is 0.335 e. The fraction of sp³-hybridized carbons (Fsp3) is 0.118. The quantitative estimate of drug-likeness (QED) is 0.287. The smallest absolute Gasteiger partial charge is 0.335 e. The molecule has 2 rings (SSSR count). The first-order valence-electron chi connectivity index (χ1n) is 7.60. The topological polar surface area (TPSA) is 90.5 Å². The zero-order valence-electron chi connectivity index (χ0n) is 13.9. The van der Waals surface area contributed by atoms with Gasteiger partial charge in [-0.25, -0.2) is 4.79 Å². The third kappa shape index (κ3) is 6.68. The highest BCUT2D eigenvalue weighted by molar-refractivity contribution is 7.80. The number of nitrogens with one attached hydrogen (secondary N) is 3. The van der Waals surface area contributed by atoms with Crippen LogP contribution in [0.1, 0.15) is 20.7 Å². The number of aromatic carboxylic acids is 1. The maximum absolute atomic E-state index is 12.4. The van der Waals surface area contributed by atoms with Crippen molar-refractivity contribution in [2.75, 3.05) is 5.32 Å². The number of carboxylic acids is 1. The molecule has 0 aromatic heterocycles. The minimum absolute atomic E-state index is 0.00487. The number of carbonyl (C=O) groups excluding carboxylic acids is 1. The second-order valence-corrected chi connectivity index (χ2v) is 8.66. The second kappa shape index (κ2) is 9.62. The van der Waals surface area contributed by atoms with Gasteiger partial charge in [-0.1, -0.05) is 58.5 Å². The lowest BCUT2D eigenvalue weighted by Gasteiger charge is -2.27. The van der Waals surface area contributed by atoms with E-state index in [1.807, 2.05) is 0 Å². The van der Waals surface area contributed by atoms with Gasteiger partial charge in [0.15, 0.2) is 5.11 Å². The molecule has 2 aromatic rings. The summed E-state index contributed by atoms with van der Waals surface area (Å²) < 4.78 is -1.94. The number of hydrogen-bond donors (Lipinski definition) is 4. The molecule has 148 valence electrons. The molecule has 2 aromatic carbocycles. The Hall–Kier alpha value is -1.77. The van der Waals surface area contributed by atoms with Gasteiger partial charge in [0.25, 0.3) is 5.91 Å². The molecule has 0 aliphatic rings. The Labute approximate surface area is 186 Å². The Balaban J connectivity index is 2.09. The van der Waals surface area contributed by atoms with Crippen LogP contribution < -0.4 is 16.0 Å². The van der Waals surface area contributed by atoms with Crippen LogP contribution in [0.4, 0.5) is 5.69 Å². The zero-order valence-corrected chi connectivity index (χ0v) is 17.7. The van der Waals surface area contributed by atoms with Crippen molar-refractivity contribution in [3.63, 3.8) is 0 Å². The van der Waals surface area contributed by atoms with Gasteiger partial charge in [-0.15, -0.1) is 0 Å². The molecular formula is C17H13Cl4N3O3S. The normalized spacial score (nSPS) is 12.0. The first kappa shape index (κ1) is 22.5. The predicted octanol–water partition coefficient (Wildman–Crippen LogP) is 4.45. The molecule has 11 heteroatoms. The number of amides is 1. The molecule has 28 heavy (non-hydrogen) atoms. The summed E-state index contributed by atoms with van der Waals surface area (Å²) in [5.74, 6) is -1.63. The molecule has 0 aliphatic carbocycles. The molecule has 0 saturated heterocycles. The van der Waals surface area contributed by atoms with Crippen LogP contribution >= 0.6 is 58.6 Å². The van der Waals surface area contributed by atoms with Crippen LogP contribution in [0.2, 0.25) is 5.02 Å². The molecule has 0 saturated carbocycles. The number of anilines is 1. The summed E-state index contributed by atoms with van der Waals surface area (Å²) in [7, 11) is 0. The van der Waals surface area contributed by atoms with Gasteiger partial charge in [0.2, 0.25) is 3.79 Å². The van der Waals surface area contributed by atoms with Gasteiger partial charge in [0, 0.05) is 16.3 Å². The van der Waals surface area contributed by atoms with Gasteiger partial charge in [0.05, 0.1) is 5.56 Å². The molecule has 0 aliphatic heterocycles. The summed E-state index contributed by atoms with van der Waals surface area (Å²) in [6, 6.07) is 12.2. The minimum atomic E-state index is -1.94. The fourth-order valence-electron chi connectivity index (χ4n) is 2.07. The lowest BCUT2D eigenvalue weighted by atomic mass is 10.2. The van der Waals surface area contributed by atoms with Gasteiger partial charge in [-0.05, 0) is 48.6 Å². The highest BCUT2D eigenvalue weighted by Gasteiger charge is 2.35. The Morgan fingerprint density at radius 3 is 2.25 bits per heavy atom.